The molecule has 13 heteroatoms. The van der Waals surface area contributed by atoms with Gasteiger partial charge in [-0.05, 0) is 44.9 Å². The molecule has 0 bridgehead atoms. The lowest BCUT2D eigenvalue weighted by atomic mass is 9.87. The molecule has 0 spiro atoms. The van der Waals surface area contributed by atoms with E-state index in [1.807, 2.05) is 0 Å². The number of halogens is 5. The minimum Gasteiger partial charge on any atom is -0.444 e. The number of carbonyl (C=O) groups is 1. The van der Waals surface area contributed by atoms with Crippen LogP contribution in [0.1, 0.15) is 51.1 Å². The van der Waals surface area contributed by atoms with Gasteiger partial charge in [0.15, 0.2) is 5.15 Å². The Balaban J connectivity index is 1.34. The fraction of sp³-hybridized carbons (Fsp3) is 0.500. The second-order valence-electron chi connectivity index (χ2n) is 10.4. The predicted octanol–water partition coefficient (Wildman–Crippen LogP) is 6.52. The van der Waals surface area contributed by atoms with Crippen LogP contribution in [0.15, 0.2) is 24.5 Å². The van der Waals surface area contributed by atoms with Crippen LogP contribution in [-0.2, 0) is 4.74 Å². The van der Waals surface area contributed by atoms with E-state index in [0.717, 1.165) is 4.68 Å². The maximum Gasteiger partial charge on any atom is 0.410 e. The third-order valence-corrected chi connectivity index (χ3v) is 7.06. The Bertz CT molecular complexity index is 1360. The minimum atomic E-state index is -2.82. The zero-order valence-electron chi connectivity index (χ0n) is 20.3. The van der Waals surface area contributed by atoms with Crippen molar-refractivity contribution in [3.8, 4) is 0 Å². The standard InChI is InChI=1S/C24H25Cl2F3N6O2/c1-23(2,3)37-22(36)34-5-4-13(16(27)11-34)14-7-17-12(6-15(14)25)9-30-21(32-17)33-18-10-31-35(20(18)26)19-8-24(19,28)29/h6-7,9-10,13,16,19H,4-5,8,11H2,1-3H3,(H,30,32,33)/t13-,16+,19?/m1/s1. The Morgan fingerprint density at radius 1 is 1.24 bits per heavy atom. The molecule has 1 aromatic carbocycles. The predicted molar refractivity (Wildman–Crippen MR) is 134 cm³/mol. The molecule has 2 fully saturated rings. The van der Waals surface area contributed by atoms with Gasteiger partial charge in [-0.3, -0.25) is 0 Å². The number of nitrogens with one attached hydrogen (secondary N) is 1. The van der Waals surface area contributed by atoms with Gasteiger partial charge >= 0.3 is 6.09 Å². The highest BCUT2D eigenvalue weighted by Crippen LogP contribution is 2.53. The molecule has 3 heterocycles. The fourth-order valence-electron chi connectivity index (χ4n) is 4.39. The van der Waals surface area contributed by atoms with Gasteiger partial charge in [-0.1, -0.05) is 23.2 Å². The molecule has 2 aliphatic rings. The van der Waals surface area contributed by atoms with Crippen molar-refractivity contribution in [2.75, 3.05) is 18.4 Å². The normalized spacial score (nSPS) is 23.2. The van der Waals surface area contributed by atoms with Gasteiger partial charge in [-0.15, -0.1) is 0 Å². The molecular formula is C24H25Cl2F3N6O2. The number of rotatable bonds is 4. The molecule has 198 valence electrons. The molecule has 2 aromatic heterocycles. The molecule has 1 aliphatic carbocycles. The monoisotopic (exact) mass is 556 g/mol. The van der Waals surface area contributed by atoms with Gasteiger partial charge in [0.1, 0.15) is 17.8 Å². The Labute approximate surface area is 221 Å². The first-order valence-electron chi connectivity index (χ1n) is 11.8. The zero-order chi connectivity index (χ0) is 26.7. The number of fused-ring (bicyclic) bond motifs is 1. The number of amides is 1. The largest absolute Gasteiger partial charge is 0.444 e. The summed E-state index contributed by atoms with van der Waals surface area (Å²) in [4.78, 5) is 22.5. The number of ether oxygens (including phenoxy) is 1. The van der Waals surface area contributed by atoms with Gasteiger partial charge in [0, 0.05) is 35.5 Å². The van der Waals surface area contributed by atoms with Crippen molar-refractivity contribution in [1.29, 1.82) is 0 Å². The highest BCUT2D eigenvalue weighted by molar-refractivity contribution is 6.32. The summed E-state index contributed by atoms with van der Waals surface area (Å²) in [6.07, 6.45) is 1.04. The zero-order valence-corrected chi connectivity index (χ0v) is 21.8. The molecule has 8 nitrogen and oxygen atoms in total. The van der Waals surface area contributed by atoms with Gasteiger partial charge in [-0.2, -0.15) is 5.10 Å². The molecule has 5 rings (SSSR count). The number of nitrogens with zero attached hydrogens (tertiary/aromatic N) is 5. The summed E-state index contributed by atoms with van der Waals surface area (Å²) in [7, 11) is 0. The van der Waals surface area contributed by atoms with Gasteiger partial charge < -0.3 is 15.0 Å². The number of carbonyl (C=O) groups excluding carboxylic acids is 1. The molecule has 0 radical (unpaired) electrons. The second kappa shape index (κ2) is 9.20. The van der Waals surface area contributed by atoms with Gasteiger partial charge in [0.05, 0.1) is 23.9 Å². The molecule has 1 unspecified atom stereocenters. The van der Waals surface area contributed by atoms with E-state index in [1.165, 1.54) is 11.1 Å². The third kappa shape index (κ3) is 5.29. The lowest BCUT2D eigenvalue weighted by molar-refractivity contribution is 0.0111. The quantitative estimate of drug-likeness (QED) is 0.393. The minimum absolute atomic E-state index is 0.0275. The van der Waals surface area contributed by atoms with E-state index in [1.54, 1.807) is 39.1 Å². The van der Waals surface area contributed by atoms with Crippen LogP contribution >= 0.6 is 23.2 Å². The fourth-order valence-corrected chi connectivity index (χ4v) is 4.96. The van der Waals surface area contributed by atoms with Crippen molar-refractivity contribution in [3.05, 3.63) is 40.3 Å². The van der Waals surface area contributed by atoms with Crippen molar-refractivity contribution in [2.24, 2.45) is 0 Å². The van der Waals surface area contributed by atoms with E-state index in [-0.39, 0.29) is 29.8 Å². The topological polar surface area (TPSA) is 85.2 Å². The number of hydrogen-bond donors (Lipinski definition) is 1. The molecule has 1 aliphatic heterocycles. The van der Waals surface area contributed by atoms with Gasteiger partial charge in [0.25, 0.3) is 5.92 Å². The third-order valence-electron chi connectivity index (χ3n) is 6.36. The number of piperidine rings is 1. The van der Waals surface area contributed by atoms with E-state index < -0.39 is 35.7 Å². The number of alkyl halides is 3. The van der Waals surface area contributed by atoms with E-state index in [9.17, 15) is 13.6 Å². The molecule has 1 saturated carbocycles. The van der Waals surface area contributed by atoms with Crippen LogP contribution in [-0.4, -0.2) is 61.5 Å². The Morgan fingerprint density at radius 2 is 1.97 bits per heavy atom. The van der Waals surface area contributed by atoms with Crippen molar-refractivity contribution >= 4 is 51.8 Å². The summed E-state index contributed by atoms with van der Waals surface area (Å²) in [6, 6.07) is 2.32. The van der Waals surface area contributed by atoms with Crippen LogP contribution in [0.5, 0.6) is 0 Å². The molecule has 3 aromatic rings. The van der Waals surface area contributed by atoms with Crippen LogP contribution in [0.3, 0.4) is 0 Å². The molecule has 1 N–H and O–H groups in total. The van der Waals surface area contributed by atoms with Gasteiger partial charge in [-0.25, -0.2) is 32.6 Å². The maximum absolute atomic E-state index is 15.3. The molecule has 1 amide bonds. The first-order valence-corrected chi connectivity index (χ1v) is 12.5. The van der Waals surface area contributed by atoms with Crippen LogP contribution in [0.2, 0.25) is 10.2 Å². The summed E-state index contributed by atoms with van der Waals surface area (Å²) in [5.41, 5.74) is 0.711. The van der Waals surface area contributed by atoms with Crippen LogP contribution in [0, 0.1) is 0 Å². The SMILES string of the molecule is CC(C)(C)OC(=O)N1CC[C@H](c2cc3nc(Nc4cnn(C5CC5(F)F)c4Cl)ncc3cc2Cl)[C@@H](F)C1. The van der Waals surface area contributed by atoms with Crippen LogP contribution in [0.4, 0.5) is 29.6 Å². The molecular weight excluding hydrogens is 532 g/mol. The van der Waals surface area contributed by atoms with E-state index in [4.69, 9.17) is 27.9 Å². The van der Waals surface area contributed by atoms with E-state index in [2.05, 4.69) is 20.4 Å². The number of hydrogen-bond acceptors (Lipinski definition) is 6. The smallest absolute Gasteiger partial charge is 0.410 e. The van der Waals surface area contributed by atoms with Crippen LogP contribution < -0.4 is 5.32 Å². The van der Waals surface area contributed by atoms with E-state index in [0.29, 0.717) is 34.5 Å². The summed E-state index contributed by atoms with van der Waals surface area (Å²) in [5.74, 6) is -3.18. The number of likely N-dealkylation sites (tertiary alicyclic amines) is 1. The average Bonchev–Trinajstić information content (AvgIpc) is 3.29. The summed E-state index contributed by atoms with van der Waals surface area (Å²) < 4.78 is 48.6. The van der Waals surface area contributed by atoms with Crippen molar-refractivity contribution in [3.63, 3.8) is 0 Å². The Kier molecular flexibility index (Phi) is 6.42. The molecule has 3 atom stereocenters. The molecule has 37 heavy (non-hydrogen) atoms. The Hall–Kier alpha value is -2.79. The van der Waals surface area contributed by atoms with Crippen molar-refractivity contribution < 1.29 is 22.7 Å². The number of aromatic nitrogens is 4. The van der Waals surface area contributed by atoms with Crippen LogP contribution in [0.25, 0.3) is 10.9 Å². The number of benzene rings is 1. The summed E-state index contributed by atoms with van der Waals surface area (Å²) >= 11 is 12.7. The Morgan fingerprint density at radius 3 is 2.62 bits per heavy atom. The van der Waals surface area contributed by atoms with Gasteiger partial charge in [0.2, 0.25) is 5.95 Å². The number of anilines is 2. The maximum atomic E-state index is 15.3. The van der Waals surface area contributed by atoms with Crippen molar-refractivity contribution in [1.82, 2.24) is 24.6 Å². The first kappa shape index (κ1) is 25.8. The summed E-state index contributed by atoms with van der Waals surface area (Å²) in [5, 5.41) is 7.91. The highest BCUT2D eigenvalue weighted by Gasteiger charge is 2.59. The van der Waals surface area contributed by atoms with Crippen molar-refractivity contribution in [2.45, 2.75) is 63.3 Å². The molecule has 1 saturated heterocycles. The summed E-state index contributed by atoms with van der Waals surface area (Å²) in [6.45, 7) is 5.50. The van der Waals surface area contributed by atoms with E-state index >= 15 is 4.39 Å². The lowest BCUT2D eigenvalue weighted by Gasteiger charge is -2.36. The average molecular weight is 557 g/mol. The highest BCUT2D eigenvalue weighted by atomic mass is 35.5. The lowest BCUT2D eigenvalue weighted by Crippen LogP contribution is -2.46. The second-order valence-corrected chi connectivity index (χ2v) is 11.1. The first-order chi connectivity index (χ1) is 17.3.